The second-order valence-corrected chi connectivity index (χ2v) is 4.43. The quantitative estimate of drug-likeness (QED) is 0.840. The monoisotopic (exact) mass is 247 g/mol. The number of aryl methyl sites for hydroxylation is 1. The van der Waals surface area contributed by atoms with Crippen LogP contribution >= 0.6 is 0 Å². The molecule has 1 aliphatic rings. The molecule has 0 aliphatic heterocycles. The molecule has 0 bridgehead atoms. The van der Waals surface area contributed by atoms with Gasteiger partial charge in [-0.05, 0) is 19.8 Å². The third-order valence-corrected chi connectivity index (χ3v) is 3.03. The first kappa shape index (κ1) is 12.4. The number of nitrogens with zero attached hydrogens (tertiary/aromatic N) is 4. The van der Waals surface area contributed by atoms with Crippen molar-refractivity contribution in [3.8, 4) is 6.07 Å². The third kappa shape index (κ3) is 2.45. The molecule has 1 aromatic rings. The Bertz CT molecular complexity index is 483. The van der Waals surface area contributed by atoms with Gasteiger partial charge in [0.05, 0.1) is 18.2 Å². The molecule has 0 saturated heterocycles. The van der Waals surface area contributed by atoms with Gasteiger partial charge in [-0.25, -0.2) is 0 Å². The Kier molecular flexibility index (Phi) is 3.51. The lowest BCUT2D eigenvalue weighted by Gasteiger charge is -2.20. The summed E-state index contributed by atoms with van der Waals surface area (Å²) in [5.41, 5.74) is 6.52. The number of hydrogen-bond donors (Lipinski definition) is 1. The maximum absolute atomic E-state index is 12.3. The highest BCUT2D eigenvalue weighted by atomic mass is 16.2. The summed E-state index contributed by atoms with van der Waals surface area (Å²) in [4.78, 5) is 14.1. The van der Waals surface area contributed by atoms with E-state index in [1.165, 1.54) is 0 Å². The van der Waals surface area contributed by atoms with E-state index in [-0.39, 0.29) is 11.9 Å². The average molecular weight is 247 g/mol. The van der Waals surface area contributed by atoms with Crippen LogP contribution in [0.3, 0.4) is 0 Å². The lowest BCUT2D eigenvalue weighted by atomic mass is 10.3. The lowest BCUT2D eigenvalue weighted by molar-refractivity contribution is 0.0741. The summed E-state index contributed by atoms with van der Waals surface area (Å²) in [5, 5.41) is 12.8. The minimum Gasteiger partial charge on any atom is -0.396 e. The molecule has 2 N–H and O–H groups in total. The minimum atomic E-state index is -0.155. The minimum absolute atomic E-state index is 0.155. The van der Waals surface area contributed by atoms with Crippen molar-refractivity contribution in [3.05, 3.63) is 11.9 Å². The van der Waals surface area contributed by atoms with Crippen LogP contribution in [0.2, 0.25) is 0 Å². The predicted octanol–water partition coefficient (Wildman–Crippen LogP) is 1.00. The molecule has 0 spiro atoms. The van der Waals surface area contributed by atoms with Crippen molar-refractivity contribution in [1.29, 1.82) is 5.26 Å². The van der Waals surface area contributed by atoms with Crippen molar-refractivity contribution >= 4 is 11.6 Å². The highest BCUT2D eigenvalue weighted by Gasteiger charge is 2.34. The smallest absolute Gasteiger partial charge is 0.276 e. The fourth-order valence-electron chi connectivity index (χ4n) is 1.91. The molecule has 6 heteroatoms. The van der Waals surface area contributed by atoms with Gasteiger partial charge in [-0.3, -0.25) is 9.48 Å². The van der Waals surface area contributed by atoms with Crippen molar-refractivity contribution in [1.82, 2.24) is 14.7 Å². The number of carbonyl (C=O) groups excluding carboxylic acids is 1. The van der Waals surface area contributed by atoms with E-state index in [2.05, 4.69) is 11.2 Å². The van der Waals surface area contributed by atoms with E-state index < -0.39 is 0 Å². The normalized spacial score (nSPS) is 14.2. The second kappa shape index (κ2) is 5.08. The molecule has 96 valence electrons. The molecule has 0 unspecified atom stereocenters. The number of rotatable bonds is 5. The first-order valence-electron chi connectivity index (χ1n) is 6.18. The number of nitrogens with two attached hydrogens (primary N) is 1. The Morgan fingerprint density at radius 1 is 1.72 bits per heavy atom. The molecular weight excluding hydrogens is 230 g/mol. The molecular formula is C12H17N5O. The summed E-state index contributed by atoms with van der Waals surface area (Å²) in [6.45, 7) is 3.08. The Balaban J connectivity index is 2.16. The van der Waals surface area contributed by atoms with Crippen LogP contribution in [0.4, 0.5) is 5.69 Å². The molecule has 1 amide bonds. The zero-order chi connectivity index (χ0) is 13.1. The van der Waals surface area contributed by atoms with Crippen LogP contribution in [0.5, 0.6) is 0 Å². The van der Waals surface area contributed by atoms with Gasteiger partial charge in [0, 0.05) is 25.3 Å². The van der Waals surface area contributed by atoms with Crippen LogP contribution < -0.4 is 5.73 Å². The molecule has 1 aliphatic carbocycles. The Hall–Kier alpha value is -2.03. The van der Waals surface area contributed by atoms with Crippen LogP contribution in [0.1, 0.15) is 36.7 Å². The number of carbonyl (C=O) groups is 1. The summed E-state index contributed by atoms with van der Waals surface area (Å²) < 4.78 is 1.65. The lowest BCUT2D eigenvalue weighted by Crippen LogP contribution is -2.34. The van der Waals surface area contributed by atoms with E-state index in [0.717, 1.165) is 12.8 Å². The maximum atomic E-state index is 12.3. The maximum Gasteiger partial charge on any atom is 0.276 e. The van der Waals surface area contributed by atoms with E-state index >= 15 is 0 Å². The number of nitriles is 1. The largest absolute Gasteiger partial charge is 0.396 e. The Morgan fingerprint density at radius 2 is 2.44 bits per heavy atom. The summed E-state index contributed by atoms with van der Waals surface area (Å²) in [7, 11) is 0. The molecule has 0 aromatic carbocycles. The van der Waals surface area contributed by atoms with Crippen LogP contribution in [0.15, 0.2) is 6.20 Å². The Morgan fingerprint density at radius 3 is 2.94 bits per heavy atom. The molecule has 6 nitrogen and oxygen atoms in total. The van der Waals surface area contributed by atoms with E-state index in [4.69, 9.17) is 11.0 Å². The van der Waals surface area contributed by atoms with Crippen LogP contribution in [-0.2, 0) is 6.54 Å². The summed E-state index contributed by atoms with van der Waals surface area (Å²) in [6.07, 6.45) is 4.02. The van der Waals surface area contributed by atoms with Crippen molar-refractivity contribution < 1.29 is 4.79 Å². The summed E-state index contributed by atoms with van der Waals surface area (Å²) in [5.74, 6) is -0.155. The van der Waals surface area contributed by atoms with Gasteiger partial charge in [-0.2, -0.15) is 10.4 Å². The molecule has 1 heterocycles. The standard InChI is InChI=1S/C12H17N5O/c1-2-16-8-10(14)11(15-16)12(18)17(7-3-6-13)9-4-5-9/h8-9H,2-5,7,14H2,1H3. The first-order chi connectivity index (χ1) is 8.67. The molecule has 18 heavy (non-hydrogen) atoms. The molecule has 1 saturated carbocycles. The average Bonchev–Trinajstić information content (AvgIpc) is 3.12. The zero-order valence-corrected chi connectivity index (χ0v) is 10.5. The first-order valence-corrected chi connectivity index (χ1v) is 6.18. The van der Waals surface area contributed by atoms with Crippen molar-refractivity contribution in [3.63, 3.8) is 0 Å². The highest BCUT2D eigenvalue weighted by Crippen LogP contribution is 2.29. The number of anilines is 1. The molecule has 0 atom stereocenters. The molecule has 1 fully saturated rings. The number of nitrogen functional groups attached to an aromatic ring is 1. The van der Waals surface area contributed by atoms with Crippen molar-refractivity contribution in [2.75, 3.05) is 12.3 Å². The van der Waals surface area contributed by atoms with Crippen molar-refractivity contribution in [2.45, 2.75) is 38.8 Å². The molecule has 0 radical (unpaired) electrons. The number of amides is 1. The van der Waals surface area contributed by atoms with E-state index in [1.54, 1.807) is 15.8 Å². The number of aromatic nitrogens is 2. The highest BCUT2D eigenvalue weighted by molar-refractivity contribution is 5.97. The van der Waals surface area contributed by atoms with E-state index in [1.807, 2.05) is 6.92 Å². The second-order valence-electron chi connectivity index (χ2n) is 4.43. The zero-order valence-electron chi connectivity index (χ0n) is 10.5. The van der Waals surface area contributed by atoms with Gasteiger partial charge in [0.15, 0.2) is 5.69 Å². The van der Waals surface area contributed by atoms with Gasteiger partial charge in [0.25, 0.3) is 5.91 Å². The number of hydrogen-bond acceptors (Lipinski definition) is 4. The molecule has 1 aromatic heterocycles. The van der Waals surface area contributed by atoms with Crippen LogP contribution in [-0.4, -0.2) is 33.2 Å². The van der Waals surface area contributed by atoms with Crippen LogP contribution in [0.25, 0.3) is 0 Å². The summed E-state index contributed by atoms with van der Waals surface area (Å²) in [6, 6.07) is 2.33. The summed E-state index contributed by atoms with van der Waals surface area (Å²) >= 11 is 0. The fraction of sp³-hybridized carbons (Fsp3) is 0.583. The topological polar surface area (TPSA) is 87.9 Å². The predicted molar refractivity (Wildman–Crippen MR) is 66.6 cm³/mol. The van der Waals surface area contributed by atoms with Gasteiger partial charge >= 0.3 is 0 Å². The Labute approximate surface area is 106 Å². The van der Waals surface area contributed by atoms with Gasteiger partial charge in [-0.15, -0.1) is 0 Å². The van der Waals surface area contributed by atoms with E-state index in [9.17, 15) is 4.79 Å². The van der Waals surface area contributed by atoms with Gasteiger partial charge in [-0.1, -0.05) is 0 Å². The van der Waals surface area contributed by atoms with Crippen LogP contribution in [0, 0.1) is 11.3 Å². The third-order valence-electron chi connectivity index (χ3n) is 3.03. The van der Waals surface area contributed by atoms with E-state index in [0.29, 0.717) is 30.9 Å². The molecule has 2 rings (SSSR count). The van der Waals surface area contributed by atoms with Gasteiger partial charge in [0.2, 0.25) is 0 Å². The van der Waals surface area contributed by atoms with Crippen molar-refractivity contribution in [2.24, 2.45) is 0 Å². The SMILES string of the molecule is CCn1cc(N)c(C(=O)N(CCC#N)C2CC2)n1. The van der Waals surface area contributed by atoms with Gasteiger partial charge in [0.1, 0.15) is 0 Å². The van der Waals surface area contributed by atoms with Gasteiger partial charge < -0.3 is 10.6 Å². The fourth-order valence-corrected chi connectivity index (χ4v) is 1.91.